The van der Waals surface area contributed by atoms with Gasteiger partial charge in [-0.15, -0.1) is 11.3 Å². The fraction of sp³-hybridized carbons (Fsp3) is 0.562. The van der Waals surface area contributed by atoms with Gasteiger partial charge in [-0.25, -0.2) is 4.98 Å². The number of likely N-dealkylation sites (tertiary alicyclic amines) is 1. The van der Waals surface area contributed by atoms with Gasteiger partial charge in [-0.05, 0) is 18.4 Å². The number of rotatable bonds is 6. The van der Waals surface area contributed by atoms with Crippen molar-refractivity contribution in [3.05, 3.63) is 29.5 Å². The lowest BCUT2D eigenvalue weighted by atomic mass is 10.0. The molecule has 2 aromatic rings. The van der Waals surface area contributed by atoms with Crippen molar-refractivity contribution in [3.63, 3.8) is 0 Å². The molecule has 0 aliphatic carbocycles. The van der Waals surface area contributed by atoms with Crippen LogP contribution >= 0.6 is 23.1 Å². The number of hydrogen-bond donors (Lipinski definition) is 1. The van der Waals surface area contributed by atoms with Gasteiger partial charge in [0.1, 0.15) is 4.34 Å². The number of guanidine groups is 1. The summed E-state index contributed by atoms with van der Waals surface area (Å²) < 4.78 is 3.03. The van der Waals surface area contributed by atoms with E-state index >= 15 is 0 Å². The minimum absolute atomic E-state index is 0.553. The van der Waals surface area contributed by atoms with Gasteiger partial charge >= 0.3 is 0 Å². The first-order chi connectivity index (χ1) is 11.8. The predicted molar refractivity (Wildman–Crippen MR) is 101 cm³/mol. The summed E-state index contributed by atoms with van der Waals surface area (Å²) in [5, 5.41) is 9.80. The Morgan fingerprint density at radius 3 is 3.17 bits per heavy atom. The maximum atomic E-state index is 4.44. The summed E-state index contributed by atoms with van der Waals surface area (Å²) in [6, 6.07) is 0. The van der Waals surface area contributed by atoms with Gasteiger partial charge in [-0.1, -0.05) is 11.8 Å². The summed E-state index contributed by atoms with van der Waals surface area (Å²) in [5.74, 6) is 2.65. The van der Waals surface area contributed by atoms with Crippen molar-refractivity contribution in [1.82, 2.24) is 25.0 Å². The van der Waals surface area contributed by atoms with E-state index in [-0.39, 0.29) is 0 Å². The minimum Gasteiger partial charge on any atom is -0.356 e. The van der Waals surface area contributed by atoms with Crippen LogP contribution in [0.15, 0.2) is 33.3 Å². The zero-order valence-corrected chi connectivity index (χ0v) is 15.8. The number of thioether (sulfide) groups is 1. The number of aryl methyl sites for hydroxylation is 1. The van der Waals surface area contributed by atoms with Crippen molar-refractivity contribution in [3.8, 4) is 0 Å². The number of hydrogen-bond acceptors (Lipinski definition) is 5. The predicted octanol–water partition coefficient (Wildman–Crippen LogP) is 2.42. The first-order valence-corrected chi connectivity index (χ1v) is 10.1. The third-order valence-electron chi connectivity index (χ3n) is 4.14. The first-order valence-electron chi connectivity index (χ1n) is 8.22. The Balaban J connectivity index is 1.40. The molecule has 8 heteroatoms. The molecule has 1 N–H and O–H groups in total. The van der Waals surface area contributed by atoms with Gasteiger partial charge in [0.15, 0.2) is 5.96 Å². The monoisotopic (exact) mass is 364 g/mol. The molecule has 2 aromatic heterocycles. The molecule has 1 saturated heterocycles. The van der Waals surface area contributed by atoms with Crippen LogP contribution in [-0.2, 0) is 7.05 Å². The molecule has 1 aliphatic rings. The smallest absolute Gasteiger partial charge is 0.193 e. The van der Waals surface area contributed by atoms with E-state index in [1.54, 1.807) is 11.3 Å². The highest BCUT2D eigenvalue weighted by atomic mass is 32.2. The highest BCUT2D eigenvalue weighted by molar-refractivity contribution is 8.00. The Bertz CT molecular complexity index is 651. The second kappa shape index (κ2) is 8.53. The summed E-state index contributed by atoms with van der Waals surface area (Å²) >= 11 is 3.53. The molecule has 3 rings (SSSR count). The van der Waals surface area contributed by atoms with E-state index < -0.39 is 0 Å². The Morgan fingerprint density at radius 2 is 2.46 bits per heavy atom. The van der Waals surface area contributed by atoms with E-state index in [9.17, 15) is 0 Å². The number of nitrogens with zero attached hydrogens (tertiary/aromatic N) is 5. The SMILES string of the molecule is CN=C(NCCCSc1nccs1)N1CCC(c2cnn(C)c2)C1. The molecule has 24 heavy (non-hydrogen) atoms. The van der Waals surface area contributed by atoms with Gasteiger partial charge in [0, 0.05) is 63.2 Å². The average Bonchev–Trinajstić information content (AvgIpc) is 3.32. The number of aliphatic imine (C=N–C) groups is 1. The zero-order valence-electron chi connectivity index (χ0n) is 14.2. The molecule has 130 valence electrons. The minimum atomic E-state index is 0.553. The molecule has 0 spiro atoms. The molecule has 1 aliphatic heterocycles. The maximum Gasteiger partial charge on any atom is 0.193 e. The Morgan fingerprint density at radius 1 is 1.54 bits per heavy atom. The second-order valence-corrected chi connectivity index (χ2v) is 8.09. The van der Waals surface area contributed by atoms with Crippen molar-refractivity contribution in [2.24, 2.45) is 12.0 Å². The molecule has 1 unspecified atom stereocenters. The molecule has 0 amide bonds. The van der Waals surface area contributed by atoms with E-state index in [0.29, 0.717) is 5.92 Å². The van der Waals surface area contributed by atoms with Crippen molar-refractivity contribution >= 4 is 29.1 Å². The summed E-state index contributed by atoms with van der Waals surface area (Å²) in [6.07, 6.45) is 8.23. The molecule has 1 atom stereocenters. The van der Waals surface area contributed by atoms with Crippen LogP contribution in [0.3, 0.4) is 0 Å². The van der Waals surface area contributed by atoms with Gasteiger partial charge < -0.3 is 10.2 Å². The van der Waals surface area contributed by atoms with E-state index in [0.717, 1.165) is 48.5 Å². The van der Waals surface area contributed by atoms with E-state index in [4.69, 9.17) is 0 Å². The molecule has 0 radical (unpaired) electrons. The maximum absolute atomic E-state index is 4.44. The van der Waals surface area contributed by atoms with Crippen molar-refractivity contribution in [2.75, 3.05) is 32.4 Å². The highest BCUT2D eigenvalue weighted by Crippen LogP contribution is 2.26. The molecular formula is C16H24N6S2. The molecule has 6 nitrogen and oxygen atoms in total. The Hall–Kier alpha value is -1.54. The topological polar surface area (TPSA) is 58.3 Å². The third-order valence-corrected chi connectivity index (χ3v) is 6.19. The molecular weight excluding hydrogens is 340 g/mol. The first kappa shape index (κ1) is 17.3. The zero-order chi connectivity index (χ0) is 16.8. The summed E-state index contributed by atoms with van der Waals surface area (Å²) in [4.78, 5) is 11.1. The quantitative estimate of drug-likeness (QED) is 0.369. The molecule has 3 heterocycles. The summed E-state index contributed by atoms with van der Waals surface area (Å²) in [6.45, 7) is 3.01. The van der Waals surface area contributed by atoms with Crippen LogP contribution in [0, 0.1) is 0 Å². The largest absolute Gasteiger partial charge is 0.356 e. The van der Waals surface area contributed by atoms with Gasteiger partial charge in [-0.2, -0.15) is 5.10 Å². The standard InChI is InChI=1S/C16H24N6S2/c1-17-15(18-5-3-8-23-16-19-6-9-24-16)22-7-4-13(12-22)14-10-20-21(2)11-14/h6,9-11,13H,3-5,7-8,12H2,1-2H3,(H,17,18). The van der Waals surface area contributed by atoms with Crippen molar-refractivity contribution in [1.29, 1.82) is 0 Å². The molecule has 0 bridgehead atoms. The summed E-state index contributed by atoms with van der Waals surface area (Å²) in [5.41, 5.74) is 1.33. The number of thiazole rings is 1. The molecule has 0 aromatic carbocycles. The van der Waals surface area contributed by atoms with E-state index in [1.165, 1.54) is 5.56 Å². The fourth-order valence-corrected chi connectivity index (χ4v) is 4.57. The molecule has 1 fully saturated rings. The van der Waals surface area contributed by atoms with E-state index in [2.05, 4.69) is 31.5 Å². The fourth-order valence-electron chi connectivity index (χ4n) is 2.92. The lowest BCUT2D eigenvalue weighted by Crippen LogP contribution is -2.40. The summed E-state index contributed by atoms with van der Waals surface area (Å²) in [7, 11) is 3.84. The van der Waals surface area contributed by atoms with Crippen LogP contribution in [0.5, 0.6) is 0 Å². The molecule has 0 saturated carbocycles. The van der Waals surface area contributed by atoms with Crippen LogP contribution in [0.2, 0.25) is 0 Å². The van der Waals surface area contributed by atoms with E-state index in [1.807, 2.05) is 48.3 Å². The van der Waals surface area contributed by atoms with Crippen LogP contribution < -0.4 is 5.32 Å². The normalized spacial score (nSPS) is 18.3. The van der Waals surface area contributed by atoms with Crippen LogP contribution in [-0.4, -0.2) is 58.1 Å². The van der Waals surface area contributed by atoms with Gasteiger partial charge in [0.05, 0.1) is 6.20 Å². The van der Waals surface area contributed by atoms with Gasteiger partial charge in [-0.3, -0.25) is 9.67 Å². The number of nitrogens with one attached hydrogen (secondary N) is 1. The van der Waals surface area contributed by atoms with Crippen molar-refractivity contribution < 1.29 is 0 Å². The van der Waals surface area contributed by atoms with Crippen LogP contribution in [0.25, 0.3) is 0 Å². The van der Waals surface area contributed by atoms with Gasteiger partial charge in [0.25, 0.3) is 0 Å². The second-order valence-electron chi connectivity index (χ2n) is 5.85. The van der Waals surface area contributed by atoms with Gasteiger partial charge in [0.2, 0.25) is 0 Å². The Kier molecular flexibility index (Phi) is 6.14. The average molecular weight is 365 g/mol. The van der Waals surface area contributed by atoms with Crippen LogP contribution in [0.4, 0.5) is 0 Å². The Labute approximate surface area is 151 Å². The van der Waals surface area contributed by atoms with Crippen molar-refractivity contribution in [2.45, 2.75) is 23.1 Å². The lowest BCUT2D eigenvalue weighted by molar-refractivity contribution is 0.486. The lowest BCUT2D eigenvalue weighted by Gasteiger charge is -2.21. The van der Waals surface area contributed by atoms with Crippen LogP contribution in [0.1, 0.15) is 24.3 Å². The highest BCUT2D eigenvalue weighted by Gasteiger charge is 2.26. The number of aromatic nitrogens is 3. The third kappa shape index (κ3) is 4.51.